The monoisotopic (exact) mass is 395 g/mol. The Labute approximate surface area is 167 Å². The molecule has 0 aromatic heterocycles. The third-order valence-electron chi connectivity index (χ3n) is 5.19. The zero-order valence-electron chi connectivity index (χ0n) is 17.0. The van der Waals surface area contributed by atoms with E-state index in [0.29, 0.717) is 12.1 Å². The molecule has 0 aliphatic heterocycles. The van der Waals surface area contributed by atoms with E-state index in [1.807, 2.05) is 12.2 Å². The van der Waals surface area contributed by atoms with E-state index in [-0.39, 0.29) is 6.04 Å². The van der Waals surface area contributed by atoms with Gasteiger partial charge in [0.1, 0.15) is 5.76 Å². The van der Waals surface area contributed by atoms with Crippen molar-refractivity contribution in [2.24, 2.45) is 0 Å². The SMILES string of the molecule is CCCCCCCCN(Cc1cccc(C(F)(F)F)c1)C1C=CC(OC)=CC1. The van der Waals surface area contributed by atoms with Gasteiger partial charge in [-0.15, -0.1) is 0 Å². The van der Waals surface area contributed by atoms with Crippen LogP contribution >= 0.6 is 0 Å². The number of alkyl halides is 3. The first-order valence-corrected chi connectivity index (χ1v) is 10.3. The smallest absolute Gasteiger partial charge is 0.416 e. The van der Waals surface area contributed by atoms with Crippen molar-refractivity contribution in [3.8, 4) is 0 Å². The molecule has 1 aliphatic rings. The topological polar surface area (TPSA) is 12.5 Å². The molecular formula is C23H32F3NO. The van der Waals surface area contributed by atoms with Crippen LogP contribution in [0.1, 0.15) is 63.0 Å². The highest BCUT2D eigenvalue weighted by atomic mass is 19.4. The molecule has 1 aromatic rings. The van der Waals surface area contributed by atoms with Gasteiger partial charge in [0.15, 0.2) is 0 Å². The number of methoxy groups -OCH3 is 1. The van der Waals surface area contributed by atoms with Gasteiger partial charge in [0.2, 0.25) is 0 Å². The maximum atomic E-state index is 13.0. The molecule has 28 heavy (non-hydrogen) atoms. The number of rotatable bonds is 11. The van der Waals surface area contributed by atoms with E-state index in [9.17, 15) is 13.2 Å². The molecule has 5 heteroatoms. The fourth-order valence-electron chi connectivity index (χ4n) is 3.55. The van der Waals surface area contributed by atoms with Crippen LogP contribution in [-0.4, -0.2) is 24.6 Å². The molecule has 0 radical (unpaired) electrons. The highest BCUT2D eigenvalue weighted by molar-refractivity contribution is 5.26. The Morgan fingerprint density at radius 2 is 1.86 bits per heavy atom. The molecule has 1 aliphatic carbocycles. The Hall–Kier alpha value is -1.75. The van der Waals surface area contributed by atoms with Crippen molar-refractivity contribution in [2.45, 2.75) is 70.6 Å². The largest absolute Gasteiger partial charge is 0.497 e. The number of allylic oxidation sites excluding steroid dienone is 1. The molecule has 0 saturated carbocycles. The standard InChI is InChI=1S/C23H32F3NO/c1-3-4-5-6-7-8-16-27(21-12-14-22(28-2)15-13-21)18-19-10-9-11-20(17-19)23(24,25)26/h9-12,14-15,17,21H,3-8,13,16,18H2,1-2H3. The van der Waals surface area contributed by atoms with Crippen molar-refractivity contribution in [3.63, 3.8) is 0 Å². The molecule has 0 N–H and O–H groups in total. The van der Waals surface area contributed by atoms with Gasteiger partial charge >= 0.3 is 6.18 Å². The summed E-state index contributed by atoms with van der Waals surface area (Å²) in [7, 11) is 1.65. The molecule has 2 nitrogen and oxygen atoms in total. The van der Waals surface area contributed by atoms with Crippen LogP contribution in [0.25, 0.3) is 0 Å². The maximum Gasteiger partial charge on any atom is 0.416 e. The van der Waals surface area contributed by atoms with E-state index in [1.165, 1.54) is 37.8 Å². The van der Waals surface area contributed by atoms with Crippen LogP contribution in [0, 0.1) is 0 Å². The molecule has 0 bridgehead atoms. The predicted octanol–water partition coefficient (Wildman–Crippen LogP) is 6.73. The number of nitrogens with zero attached hydrogens (tertiary/aromatic N) is 1. The highest BCUT2D eigenvalue weighted by Crippen LogP contribution is 2.30. The minimum absolute atomic E-state index is 0.184. The molecule has 0 amide bonds. The Bertz CT molecular complexity index is 651. The van der Waals surface area contributed by atoms with Crippen LogP contribution in [-0.2, 0) is 17.5 Å². The summed E-state index contributed by atoms with van der Waals surface area (Å²) in [6.07, 6.45) is 9.81. The summed E-state index contributed by atoms with van der Waals surface area (Å²) < 4.78 is 44.4. The number of benzene rings is 1. The first-order chi connectivity index (χ1) is 13.4. The Morgan fingerprint density at radius 1 is 1.11 bits per heavy atom. The van der Waals surface area contributed by atoms with Gasteiger partial charge in [-0.25, -0.2) is 0 Å². The van der Waals surface area contributed by atoms with Crippen molar-refractivity contribution < 1.29 is 17.9 Å². The quantitative estimate of drug-likeness (QED) is 0.385. The lowest BCUT2D eigenvalue weighted by Crippen LogP contribution is -2.35. The summed E-state index contributed by atoms with van der Waals surface area (Å²) in [6.45, 7) is 3.60. The molecule has 1 aromatic carbocycles. The molecular weight excluding hydrogens is 363 g/mol. The van der Waals surface area contributed by atoms with Gasteiger partial charge in [-0.1, -0.05) is 63.3 Å². The Morgan fingerprint density at radius 3 is 2.50 bits per heavy atom. The van der Waals surface area contributed by atoms with Crippen LogP contribution in [0.4, 0.5) is 13.2 Å². The summed E-state index contributed by atoms with van der Waals surface area (Å²) in [5.74, 6) is 0.842. The molecule has 1 unspecified atom stereocenters. The van der Waals surface area contributed by atoms with Crippen molar-refractivity contribution >= 4 is 0 Å². The molecule has 0 heterocycles. The third-order valence-corrected chi connectivity index (χ3v) is 5.19. The molecule has 156 valence electrons. The summed E-state index contributed by atoms with van der Waals surface area (Å²) in [4.78, 5) is 2.29. The molecule has 2 rings (SSSR count). The van der Waals surface area contributed by atoms with E-state index >= 15 is 0 Å². The number of hydrogen-bond acceptors (Lipinski definition) is 2. The Balaban J connectivity index is 2.02. The van der Waals surface area contributed by atoms with Crippen LogP contribution < -0.4 is 0 Å². The first kappa shape index (κ1) is 22.5. The second-order valence-corrected chi connectivity index (χ2v) is 7.41. The van der Waals surface area contributed by atoms with Crippen molar-refractivity contribution in [1.29, 1.82) is 0 Å². The molecule has 0 spiro atoms. The molecule has 0 saturated heterocycles. The molecule has 1 atom stereocenters. The summed E-state index contributed by atoms with van der Waals surface area (Å²) in [5, 5.41) is 0. The zero-order chi connectivity index (χ0) is 20.4. The lowest BCUT2D eigenvalue weighted by molar-refractivity contribution is -0.137. The Kier molecular flexibility index (Phi) is 9.10. The van der Waals surface area contributed by atoms with Crippen LogP contribution in [0.2, 0.25) is 0 Å². The lowest BCUT2D eigenvalue weighted by Gasteiger charge is -2.31. The number of hydrogen-bond donors (Lipinski definition) is 0. The zero-order valence-corrected chi connectivity index (χ0v) is 17.0. The fourth-order valence-corrected chi connectivity index (χ4v) is 3.55. The van der Waals surface area contributed by atoms with Gasteiger partial charge < -0.3 is 4.74 Å². The summed E-state index contributed by atoms with van der Waals surface area (Å²) in [5.41, 5.74) is 0.126. The van der Waals surface area contributed by atoms with Crippen molar-refractivity contribution in [2.75, 3.05) is 13.7 Å². The number of ether oxygens (including phenoxy) is 1. The average Bonchev–Trinajstić information content (AvgIpc) is 2.69. The number of unbranched alkanes of at least 4 members (excludes halogenated alkanes) is 5. The summed E-state index contributed by atoms with van der Waals surface area (Å²) >= 11 is 0. The van der Waals surface area contributed by atoms with E-state index in [2.05, 4.69) is 17.9 Å². The number of halogens is 3. The first-order valence-electron chi connectivity index (χ1n) is 10.3. The fraction of sp³-hybridized carbons (Fsp3) is 0.565. The van der Waals surface area contributed by atoms with Crippen LogP contribution in [0.3, 0.4) is 0 Å². The predicted molar refractivity (Wildman–Crippen MR) is 108 cm³/mol. The van der Waals surface area contributed by atoms with Crippen LogP contribution in [0.5, 0.6) is 0 Å². The highest BCUT2D eigenvalue weighted by Gasteiger charge is 2.30. The van der Waals surface area contributed by atoms with Crippen molar-refractivity contribution in [1.82, 2.24) is 4.90 Å². The van der Waals surface area contributed by atoms with Gasteiger partial charge in [0, 0.05) is 12.6 Å². The van der Waals surface area contributed by atoms with Gasteiger partial charge in [-0.05, 0) is 43.2 Å². The maximum absolute atomic E-state index is 13.0. The second-order valence-electron chi connectivity index (χ2n) is 7.41. The van der Waals surface area contributed by atoms with Crippen molar-refractivity contribution in [3.05, 3.63) is 59.4 Å². The van der Waals surface area contributed by atoms with E-state index in [1.54, 1.807) is 13.2 Å². The normalized spacial score (nSPS) is 17.1. The van der Waals surface area contributed by atoms with Gasteiger partial charge in [0.05, 0.1) is 12.7 Å². The van der Waals surface area contributed by atoms with E-state index in [4.69, 9.17) is 4.74 Å². The third kappa shape index (κ3) is 7.34. The van der Waals surface area contributed by atoms with Gasteiger partial charge in [-0.2, -0.15) is 13.2 Å². The van der Waals surface area contributed by atoms with Gasteiger partial charge in [-0.3, -0.25) is 4.90 Å². The lowest BCUT2D eigenvalue weighted by atomic mass is 10.0. The van der Waals surface area contributed by atoms with E-state index < -0.39 is 11.7 Å². The average molecular weight is 396 g/mol. The summed E-state index contributed by atoms with van der Waals surface area (Å²) in [6, 6.07) is 5.88. The van der Waals surface area contributed by atoms with Crippen LogP contribution in [0.15, 0.2) is 48.3 Å². The van der Waals surface area contributed by atoms with Gasteiger partial charge in [0.25, 0.3) is 0 Å². The minimum atomic E-state index is -4.30. The molecule has 0 fully saturated rings. The second kappa shape index (κ2) is 11.3. The minimum Gasteiger partial charge on any atom is -0.497 e. The van der Waals surface area contributed by atoms with E-state index in [0.717, 1.165) is 37.6 Å².